The average molecular weight is 521 g/mol. The average Bonchev–Trinajstić information content (AvgIpc) is 3.57. The van der Waals surface area contributed by atoms with Crippen molar-refractivity contribution in [3.05, 3.63) is 101 Å². The van der Waals surface area contributed by atoms with E-state index < -0.39 is 11.7 Å². The van der Waals surface area contributed by atoms with Gasteiger partial charge in [-0.3, -0.25) is 14.5 Å². The number of rotatable bonds is 6. The number of aromatic amines is 1. The largest absolute Gasteiger partial charge is 0.366 e. The number of primary amides is 1. The molecule has 0 bridgehead atoms. The van der Waals surface area contributed by atoms with Crippen molar-refractivity contribution in [2.24, 2.45) is 5.73 Å². The van der Waals surface area contributed by atoms with E-state index in [0.29, 0.717) is 22.3 Å². The highest BCUT2D eigenvalue weighted by Crippen LogP contribution is 2.39. The summed E-state index contributed by atoms with van der Waals surface area (Å²) in [7, 11) is 0. The SMILES string of the molecule is Cc1c(NC(=O)c2ccc(F)cc2)cccc1-c1ccc(C(N)=O)c2[nH]c3cc(CN4CCCC4)ccc3c12. The molecular formula is C32H29FN4O2. The summed E-state index contributed by atoms with van der Waals surface area (Å²) in [6.07, 6.45) is 2.48. The van der Waals surface area contributed by atoms with Crippen LogP contribution in [0, 0.1) is 12.7 Å². The monoisotopic (exact) mass is 520 g/mol. The van der Waals surface area contributed by atoms with Crippen LogP contribution < -0.4 is 11.1 Å². The summed E-state index contributed by atoms with van der Waals surface area (Å²) in [4.78, 5) is 31.1. The van der Waals surface area contributed by atoms with E-state index in [9.17, 15) is 14.0 Å². The van der Waals surface area contributed by atoms with Gasteiger partial charge in [-0.15, -0.1) is 0 Å². The molecule has 0 saturated carbocycles. The number of halogens is 1. The number of benzene rings is 4. The lowest BCUT2D eigenvalue weighted by Gasteiger charge is -2.15. The maximum Gasteiger partial charge on any atom is 0.255 e. The fourth-order valence-electron chi connectivity index (χ4n) is 5.65. The second-order valence-corrected chi connectivity index (χ2v) is 10.2. The summed E-state index contributed by atoms with van der Waals surface area (Å²) in [5, 5.41) is 4.88. The highest BCUT2D eigenvalue weighted by molar-refractivity contribution is 6.20. The lowest BCUT2D eigenvalue weighted by atomic mass is 9.93. The standard InChI is InChI=1S/C32H29FN4O2/c1-19-23(5-4-6-27(19)36-32(39)21-8-10-22(33)11-9-21)24-13-14-26(31(34)38)30-29(24)25-12-7-20(17-28(25)35-30)18-37-15-2-3-16-37/h4-14,17,35H,2-3,15-16,18H2,1H3,(H2,34,38)(H,36,39). The molecule has 0 aliphatic carbocycles. The lowest BCUT2D eigenvalue weighted by Crippen LogP contribution is -2.18. The second kappa shape index (κ2) is 10.0. The van der Waals surface area contributed by atoms with Crippen molar-refractivity contribution >= 4 is 39.3 Å². The van der Waals surface area contributed by atoms with E-state index in [1.165, 1.54) is 42.7 Å². The third-order valence-electron chi connectivity index (χ3n) is 7.67. The first kappa shape index (κ1) is 24.8. The Morgan fingerprint density at radius 2 is 1.74 bits per heavy atom. The van der Waals surface area contributed by atoms with Crippen molar-refractivity contribution in [2.45, 2.75) is 26.3 Å². The van der Waals surface area contributed by atoms with Gasteiger partial charge < -0.3 is 16.0 Å². The Balaban J connectivity index is 1.44. The predicted octanol–water partition coefficient (Wildman–Crippen LogP) is 6.38. The van der Waals surface area contributed by atoms with Crippen LogP contribution in [0.25, 0.3) is 32.9 Å². The maximum absolute atomic E-state index is 13.3. The molecule has 4 N–H and O–H groups in total. The van der Waals surface area contributed by atoms with Crippen LogP contribution >= 0.6 is 0 Å². The van der Waals surface area contributed by atoms with Crippen LogP contribution in [0.2, 0.25) is 0 Å². The van der Waals surface area contributed by atoms with E-state index in [0.717, 1.165) is 52.6 Å². The van der Waals surface area contributed by atoms with E-state index in [1.807, 2.05) is 31.2 Å². The zero-order valence-corrected chi connectivity index (χ0v) is 21.7. The smallest absolute Gasteiger partial charge is 0.255 e. The molecule has 0 atom stereocenters. The van der Waals surface area contributed by atoms with Gasteiger partial charge in [0, 0.05) is 34.1 Å². The van der Waals surface area contributed by atoms with E-state index >= 15 is 0 Å². The zero-order chi connectivity index (χ0) is 27.1. The van der Waals surface area contributed by atoms with E-state index in [1.54, 1.807) is 6.07 Å². The van der Waals surface area contributed by atoms with Crippen molar-refractivity contribution in [3.63, 3.8) is 0 Å². The Hall–Kier alpha value is -4.49. The Morgan fingerprint density at radius 1 is 0.974 bits per heavy atom. The minimum absolute atomic E-state index is 0.318. The predicted molar refractivity (Wildman–Crippen MR) is 153 cm³/mol. The van der Waals surface area contributed by atoms with Crippen LogP contribution in [0.4, 0.5) is 10.1 Å². The maximum atomic E-state index is 13.3. The molecule has 39 heavy (non-hydrogen) atoms. The fourth-order valence-corrected chi connectivity index (χ4v) is 5.65. The van der Waals surface area contributed by atoms with Gasteiger partial charge in [0.2, 0.25) is 0 Å². The number of hydrogen-bond acceptors (Lipinski definition) is 3. The number of nitrogens with one attached hydrogen (secondary N) is 2. The van der Waals surface area contributed by atoms with Crippen molar-refractivity contribution in [1.29, 1.82) is 0 Å². The highest BCUT2D eigenvalue weighted by Gasteiger charge is 2.20. The molecular weight excluding hydrogens is 491 g/mol. The Morgan fingerprint density at radius 3 is 2.49 bits per heavy atom. The van der Waals surface area contributed by atoms with Gasteiger partial charge >= 0.3 is 0 Å². The first-order valence-electron chi connectivity index (χ1n) is 13.2. The van der Waals surface area contributed by atoms with Crippen molar-refractivity contribution in [3.8, 4) is 11.1 Å². The number of aromatic nitrogens is 1. The summed E-state index contributed by atoms with van der Waals surface area (Å²) < 4.78 is 13.3. The minimum Gasteiger partial charge on any atom is -0.366 e. The summed E-state index contributed by atoms with van der Waals surface area (Å²) in [6.45, 7) is 5.09. The van der Waals surface area contributed by atoms with Crippen molar-refractivity contribution < 1.29 is 14.0 Å². The zero-order valence-electron chi connectivity index (χ0n) is 21.7. The number of nitrogens with zero attached hydrogens (tertiary/aromatic N) is 1. The molecule has 0 spiro atoms. The van der Waals surface area contributed by atoms with Gasteiger partial charge in [0.05, 0.1) is 11.1 Å². The van der Waals surface area contributed by atoms with Crippen LogP contribution in [-0.2, 0) is 6.54 Å². The van der Waals surface area contributed by atoms with E-state index in [4.69, 9.17) is 5.73 Å². The molecule has 0 unspecified atom stereocenters. The third-order valence-corrected chi connectivity index (χ3v) is 7.67. The van der Waals surface area contributed by atoms with Crippen LogP contribution in [0.3, 0.4) is 0 Å². The Bertz CT molecular complexity index is 1730. The number of amides is 2. The van der Waals surface area contributed by atoms with Gasteiger partial charge in [-0.25, -0.2) is 4.39 Å². The van der Waals surface area contributed by atoms with Gasteiger partial charge in [0.1, 0.15) is 5.82 Å². The molecule has 2 heterocycles. The van der Waals surface area contributed by atoms with E-state index in [2.05, 4.69) is 33.4 Å². The summed E-state index contributed by atoms with van der Waals surface area (Å²) in [5.41, 5.74) is 12.8. The molecule has 7 heteroatoms. The fraction of sp³-hybridized carbons (Fsp3) is 0.188. The number of carbonyl (C=O) groups excluding carboxylic acids is 2. The molecule has 1 aromatic heterocycles. The number of likely N-dealkylation sites (tertiary alicyclic amines) is 1. The molecule has 1 fully saturated rings. The topological polar surface area (TPSA) is 91.2 Å². The van der Waals surface area contributed by atoms with Crippen LogP contribution in [0.15, 0.2) is 72.8 Å². The van der Waals surface area contributed by atoms with Crippen LogP contribution in [0.5, 0.6) is 0 Å². The number of H-pyrrole nitrogens is 1. The van der Waals surface area contributed by atoms with Gasteiger partial charge in [0.25, 0.3) is 11.8 Å². The van der Waals surface area contributed by atoms with Crippen LogP contribution in [0.1, 0.15) is 44.7 Å². The molecule has 6 nitrogen and oxygen atoms in total. The summed E-state index contributed by atoms with van der Waals surface area (Å²) in [6, 6.07) is 21.3. The van der Waals surface area contributed by atoms with E-state index in [-0.39, 0.29) is 5.91 Å². The molecule has 4 aromatic carbocycles. The number of hydrogen-bond donors (Lipinski definition) is 3. The van der Waals surface area contributed by atoms with Gasteiger partial charge in [-0.05, 0) is 97.6 Å². The second-order valence-electron chi connectivity index (χ2n) is 10.2. The summed E-state index contributed by atoms with van der Waals surface area (Å²) in [5.74, 6) is -1.20. The molecule has 0 radical (unpaired) electrons. The number of fused-ring (bicyclic) bond motifs is 3. The van der Waals surface area contributed by atoms with Gasteiger partial charge in [-0.2, -0.15) is 0 Å². The quantitative estimate of drug-likeness (QED) is 0.243. The van der Waals surface area contributed by atoms with Crippen molar-refractivity contribution in [2.75, 3.05) is 18.4 Å². The first-order valence-corrected chi connectivity index (χ1v) is 13.2. The van der Waals surface area contributed by atoms with Gasteiger partial charge in [0.15, 0.2) is 0 Å². The van der Waals surface area contributed by atoms with Crippen molar-refractivity contribution in [1.82, 2.24) is 9.88 Å². The molecule has 2 amide bonds. The number of carbonyl (C=O) groups is 2. The lowest BCUT2D eigenvalue weighted by molar-refractivity contribution is 0.0999. The molecule has 1 saturated heterocycles. The Kier molecular flexibility index (Phi) is 6.37. The first-order chi connectivity index (χ1) is 18.9. The Labute approximate surface area is 225 Å². The third kappa shape index (κ3) is 4.66. The molecule has 196 valence electrons. The van der Waals surface area contributed by atoms with Gasteiger partial charge in [-0.1, -0.05) is 30.3 Å². The minimum atomic E-state index is -0.493. The van der Waals surface area contributed by atoms with Crippen LogP contribution in [-0.4, -0.2) is 34.8 Å². The number of anilines is 1. The number of nitrogens with two attached hydrogens (primary N) is 1. The molecule has 1 aliphatic heterocycles. The normalized spacial score (nSPS) is 13.8. The highest BCUT2D eigenvalue weighted by atomic mass is 19.1. The molecule has 1 aliphatic rings. The molecule has 6 rings (SSSR count). The molecule has 5 aromatic rings. The summed E-state index contributed by atoms with van der Waals surface area (Å²) >= 11 is 0.